The van der Waals surface area contributed by atoms with Gasteiger partial charge in [-0.1, -0.05) is 34.1 Å². The maximum atomic E-state index is 11.9. The average Bonchev–Trinajstić information content (AvgIpc) is 2.70. The van der Waals surface area contributed by atoms with Crippen molar-refractivity contribution in [3.63, 3.8) is 0 Å². The first-order chi connectivity index (χ1) is 9.15. The summed E-state index contributed by atoms with van der Waals surface area (Å²) in [6.45, 7) is 0.438. The van der Waals surface area contributed by atoms with Crippen LogP contribution in [0.25, 0.3) is 11.1 Å². The molecule has 19 heavy (non-hydrogen) atoms. The van der Waals surface area contributed by atoms with Gasteiger partial charge in [0.2, 0.25) is 0 Å². The molecule has 0 amide bonds. The van der Waals surface area contributed by atoms with E-state index in [1.54, 1.807) is 22.8 Å². The smallest absolute Gasteiger partial charge is 0.408 e. The van der Waals surface area contributed by atoms with Gasteiger partial charge in [0.1, 0.15) is 5.52 Å². The molecule has 5 heteroatoms. The van der Waals surface area contributed by atoms with E-state index in [0.29, 0.717) is 23.3 Å². The zero-order chi connectivity index (χ0) is 13.4. The standard InChI is InChI=1S/C14H11BrN2O2/c15-10-6-4-9(5-7-10)8-17-13-11(16)2-1-3-12(13)19-14(17)18/h1-7H,8,16H2. The van der Waals surface area contributed by atoms with Crippen LogP contribution >= 0.6 is 15.9 Å². The molecule has 0 bridgehead atoms. The molecule has 0 unspecified atom stereocenters. The van der Waals surface area contributed by atoms with E-state index >= 15 is 0 Å². The van der Waals surface area contributed by atoms with E-state index in [0.717, 1.165) is 10.0 Å². The van der Waals surface area contributed by atoms with Crippen LogP contribution in [0.5, 0.6) is 0 Å². The van der Waals surface area contributed by atoms with Gasteiger partial charge in [0.15, 0.2) is 5.58 Å². The first-order valence-electron chi connectivity index (χ1n) is 5.77. The largest absolute Gasteiger partial charge is 0.420 e. The summed E-state index contributed by atoms with van der Waals surface area (Å²) in [5, 5.41) is 0. The first-order valence-corrected chi connectivity index (χ1v) is 6.57. The molecule has 0 atom stereocenters. The van der Waals surface area contributed by atoms with Gasteiger partial charge in [-0.15, -0.1) is 0 Å². The van der Waals surface area contributed by atoms with E-state index in [1.165, 1.54) is 0 Å². The van der Waals surface area contributed by atoms with Crippen LogP contribution in [0.4, 0.5) is 5.69 Å². The fraction of sp³-hybridized carbons (Fsp3) is 0.0714. The number of halogens is 1. The van der Waals surface area contributed by atoms with Gasteiger partial charge >= 0.3 is 5.76 Å². The molecular weight excluding hydrogens is 308 g/mol. The summed E-state index contributed by atoms with van der Waals surface area (Å²) in [6.07, 6.45) is 0. The maximum absolute atomic E-state index is 11.9. The van der Waals surface area contributed by atoms with Crippen molar-refractivity contribution >= 4 is 32.7 Å². The topological polar surface area (TPSA) is 61.2 Å². The predicted molar refractivity (Wildman–Crippen MR) is 78.1 cm³/mol. The van der Waals surface area contributed by atoms with E-state index in [9.17, 15) is 4.79 Å². The second-order valence-electron chi connectivity index (χ2n) is 4.27. The maximum Gasteiger partial charge on any atom is 0.420 e. The van der Waals surface area contributed by atoms with Gasteiger partial charge in [-0.05, 0) is 29.8 Å². The zero-order valence-electron chi connectivity index (χ0n) is 9.97. The Morgan fingerprint density at radius 2 is 1.89 bits per heavy atom. The lowest BCUT2D eigenvalue weighted by atomic mass is 10.2. The summed E-state index contributed by atoms with van der Waals surface area (Å²) in [5.74, 6) is -0.393. The van der Waals surface area contributed by atoms with E-state index in [-0.39, 0.29) is 0 Å². The summed E-state index contributed by atoms with van der Waals surface area (Å²) >= 11 is 3.38. The highest BCUT2D eigenvalue weighted by Gasteiger charge is 2.11. The summed E-state index contributed by atoms with van der Waals surface area (Å²) in [5.41, 5.74) is 8.64. The highest BCUT2D eigenvalue weighted by Crippen LogP contribution is 2.21. The molecular formula is C14H11BrN2O2. The van der Waals surface area contributed by atoms with Gasteiger partial charge in [0.05, 0.1) is 12.2 Å². The van der Waals surface area contributed by atoms with Crippen molar-refractivity contribution in [1.82, 2.24) is 4.57 Å². The number of nitrogens with zero attached hydrogens (tertiary/aromatic N) is 1. The van der Waals surface area contributed by atoms with Crippen LogP contribution < -0.4 is 11.5 Å². The summed E-state index contributed by atoms with van der Waals surface area (Å²) < 4.78 is 7.74. The van der Waals surface area contributed by atoms with E-state index in [2.05, 4.69) is 15.9 Å². The van der Waals surface area contributed by atoms with Crippen LogP contribution in [0.15, 0.2) is 56.1 Å². The van der Waals surface area contributed by atoms with Crippen molar-refractivity contribution in [2.75, 3.05) is 5.73 Å². The first kappa shape index (κ1) is 12.0. The number of rotatable bonds is 2. The predicted octanol–water partition coefficient (Wildman–Crippen LogP) is 2.99. The molecule has 0 spiro atoms. The van der Waals surface area contributed by atoms with Crippen LogP contribution in [-0.2, 0) is 6.54 Å². The Hall–Kier alpha value is -2.01. The third-order valence-electron chi connectivity index (χ3n) is 2.97. The molecule has 2 aromatic carbocycles. The van der Waals surface area contributed by atoms with Crippen molar-refractivity contribution < 1.29 is 4.42 Å². The minimum absolute atomic E-state index is 0.393. The number of para-hydroxylation sites is 1. The quantitative estimate of drug-likeness (QED) is 0.739. The third kappa shape index (κ3) is 2.17. The molecule has 0 saturated carbocycles. The van der Waals surface area contributed by atoms with Crippen molar-refractivity contribution in [3.05, 3.63) is 63.1 Å². The average molecular weight is 319 g/mol. The van der Waals surface area contributed by atoms with Gasteiger partial charge in [-0.3, -0.25) is 4.57 Å². The Kier molecular flexibility index (Phi) is 2.91. The minimum atomic E-state index is -0.393. The van der Waals surface area contributed by atoms with Crippen molar-refractivity contribution in [1.29, 1.82) is 0 Å². The zero-order valence-corrected chi connectivity index (χ0v) is 11.6. The molecule has 3 rings (SSSR count). The lowest BCUT2D eigenvalue weighted by Crippen LogP contribution is -2.15. The molecule has 4 nitrogen and oxygen atoms in total. The van der Waals surface area contributed by atoms with Gasteiger partial charge in [-0.2, -0.15) is 0 Å². The molecule has 1 heterocycles. The SMILES string of the molecule is Nc1cccc2oc(=O)n(Cc3ccc(Br)cc3)c12. The molecule has 0 aliphatic carbocycles. The molecule has 3 aromatic rings. The summed E-state index contributed by atoms with van der Waals surface area (Å²) in [4.78, 5) is 11.9. The molecule has 0 aliphatic heterocycles. The number of benzene rings is 2. The van der Waals surface area contributed by atoms with Gasteiger partial charge in [-0.25, -0.2) is 4.79 Å². The van der Waals surface area contributed by atoms with E-state index in [4.69, 9.17) is 10.2 Å². The Bertz CT molecular complexity index is 787. The van der Waals surface area contributed by atoms with Gasteiger partial charge < -0.3 is 10.2 Å². The van der Waals surface area contributed by atoms with Crippen molar-refractivity contribution in [2.45, 2.75) is 6.54 Å². The second-order valence-corrected chi connectivity index (χ2v) is 5.19. The van der Waals surface area contributed by atoms with Crippen LogP contribution in [0.2, 0.25) is 0 Å². The highest BCUT2D eigenvalue weighted by molar-refractivity contribution is 9.10. The molecule has 0 radical (unpaired) electrons. The molecule has 2 N–H and O–H groups in total. The van der Waals surface area contributed by atoms with Crippen LogP contribution in [-0.4, -0.2) is 4.57 Å². The Morgan fingerprint density at radius 1 is 1.16 bits per heavy atom. The van der Waals surface area contributed by atoms with Gasteiger partial charge in [0, 0.05) is 4.47 Å². The second kappa shape index (κ2) is 4.59. The molecule has 96 valence electrons. The number of fused-ring (bicyclic) bond motifs is 1. The highest BCUT2D eigenvalue weighted by atomic mass is 79.9. The monoisotopic (exact) mass is 318 g/mol. The van der Waals surface area contributed by atoms with Crippen LogP contribution in [0.3, 0.4) is 0 Å². The normalized spacial score (nSPS) is 11.0. The number of hydrogen-bond acceptors (Lipinski definition) is 3. The molecule has 0 saturated heterocycles. The lowest BCUT2D eigenvalue weighted by Gasteiger charge is -2.04. The Morgan fingerprint density at radius 3 is 2.63 bits per heavy atom. The number of aromatic nitrogens is 1. The number of nitrogens with two attached hydrogens (primary N) is 1. The number of hydrogen-bond donors (Lipinski definition) is 1. The Balaban J connectivity index is 2.12. The third-order valence-corrected chi connectivity index (χ3v) is 3.50. The fourth-order valence-corrected chi connectivity index (χ4v) is 2.33. The van der Waals surface area contributed by atoms with E-state index in [1.807, 2.05) is 24.3 Å². The summed E-state index contributed by atoms with van der Waals surface area (Å²) in [6, 6.07) is 13.0. The summed E-state index contributed by atoms with van der Waals surface area (Å²) in [7, 11) is 0. The van der Waals surface area contributed by atoms with E-state index < -0.39 is 5.76 Å². The molecule has 0 aliphatic rings. The lowest BCUT2D eigenvalue weighted by molar-refractivity contribution is 0.517. The molecule has 1 aromatic heterocycles. The number of oxazole rings is 1. The van der Waals surface area contributed by atoms with Crippen LogP contribution in [0, 0.1) is 0 Å². The number of anilines is 1. The van der Waals surface area contributed by atoms with Crippen molar-refractivity contribution in [2.24, 2.45) is 0 Å². The fourth-order valence-electron chi connectivity index (χ4n) is 2.07. The number of nitrogen functional groups attached to an aromatic ring is 1. The van der Waals surface area contributed by atoms with Crippen LogP contribution in [0.1, 0.15) is 5.56 Å². The Labute approximate surface area is 117 Å². The van der Waals surface area contributed by atoms with Crippen molar-refractivity contribution in [3.8, 4) is 0 Å². The van der Waals surface area contributed by atoms with Gasteiger partial charge in [0.25, 0.3) is 0 Å². The molecule has 0 fully saturated rings. The minimum Gasteiger partial charge on any atom is -0.408 e.